The topological polar surface area (TPSA) is 97.3 Å². The van der Waals surface area contributed by atoms with Gasteiger partial charge in [0.2, 0.25) is 0 Å². The summed E-state index contributed by atoms with van der Waals surface area (Å²) in [5.41, 5.74) is 3.43. The minimum absolute atomic E-state index is 0.222. The second kappa shape index (κ2) is 10.7. The molecule has 5 rings (SSSR count). The summed E-state index contributed by atoms with van der Waals surface area (Å²) < 4.78 is 22.6. The Balaban J connectivity index is 1.55. The molecule has 2 amide bonds. The average Bonchev–Trinajstić information content (AvgIpc) is 3.34. The van der Waals surface area contributed by atoms with Gasteiger partial charge in [-0.15, -0.1) is 0 Å². The molecule has 1 atom stereocenters. The Bertz CT molecular complexity index is 1600. The molecule has 2 heterocycles. The molecule has 0 spiro atoms. The van der Waals surface area contributed by atoms with Crippen LogP contribution in [0.3, 0.4) is 0 Å². The third-order valence-corrected chi connectivity index (χ3v) is 6.92. The van der Waals surface area contributed by atoms with Gasteiger partial charge in [0, 0.05) is 27.1 Å². The fourth-order valence-electron chi connectivity index (χ4n) is 4.44. The van der Waals surface area contributed by atoms with Gasteiger partial charge in [-0.05, 0) is 68.4 Å². The second-order valence-corrected chi connectivity index (χ2v) is 10.0. The summed E-state index contributed by atoms with van der Waals surface area (Å²) in [5.74, 6) is -0.349. The number of halogens is 2. The van der Waals surface area contributed by atoms with Gasteiger partial charge in [0.15, 0.2) is 0 Å². The lowest BCUT2D eigenvalue weighted by Gasteiger charge is -2.30. The minimum atomic E-state index is -0.946. The molecule has 10 heteroatoms. The van der Waals surface area contributed by atoms with E-state index in [1.54, 1.807) is 50.4 Å². The van der Waals surface area contributed by atoms with E-state index in [4.69, 9.17) is 4.74 Å². The lowest BCUT2D eigenvalue weighted by atomic mass is 9.94. The number of rotatable bonds is 6. The van der Waals surface area contributed by atoms with Crippen molar-refractivity contribution in [3.8, 4) is 5.75 Å². The quantitative estimate of drug-likeness (QED) is 0.246. The standard InChI is InChI=1S/C29H25BrFN5O3/c1-16-4-7-19(8-5-16)34-28(37)23-15-32-36-26(22-14-18(30)6-13-24(22)31)25(17(2)33-27(23)36)29(38)35-20-9-11-21(39-3)12-10-20/h4-15,26,33H,1-3H3,(H,34,37)(H,35,38)/t26-/m0/s1. The number of benzene rings is 3. The van der Waals surface area contributed by atoms with Crippen molar-refractivity contribution in [3.05, 3.63) is 111 Å². The van der Waals surface area contributed by atoms with E-state index >= 15 is 4.39 Å². The average molecular weight is 590 g/mol. The van der Waals surface area contributed by atoms with Crippen LogP contribution in [0.4, 0.5) is 21.6 Å². The van der Waals surface area contributed by atoms with Crippen molar-refractivity contribution in [2.24, 2.45) is 0 Å². The van der Waals surface area contributed by atoms with E-state index in [1.165, 1.54) is 16.9 Å². The van der Waals surface area contributed by atoms with Gasteiger partial charge in [-0.25, -0.2) is 9.07 Å². The van der Waals surface area contributed by atoms with E-state index in [1.807, 2.05) is 31.2 Å². The molecule has 0 fully saturated rings. The van der Waals surface area contributed by atoms with E-state index in [2.05, 4.69) is 37.0 Å². The molecule has 0 saturated carbocycles. The van der Waals surface area contributed by atoms with Crippen molar-refractivity contribution < 1.29 is 18.7 Å². The minimum Gasteiger partial charge on any atom is -0.497 e. The van der Waals surface area contributed by atoms with E-state index in [0.717, 1.165) is 5.56 Å². The molecular formula is C29H25BrFN5O3. The zero-order valence-electron chi connectivity index (χ0n) is 21.4. The maximum atomic E-state index is 15.3. The van der Waals surface area contributed by atoms with Crippen molar-refractivity contribution in [2.75, 3.05) is 23.1 Å². The number of hydrogen-bond donors (Lipinski definition) is 3. The number of carbonyl (C=O) groups excluding carboxylic acids is 2. The summed E-state index contributed by atoms with van der Waals surface area (Å²) in [6.45, 7) is 3.67. The fourth-order valence-corrected chi connectivity index (χ4v) is 4.81. The van der Waals surface area contributed by atoms with Crippen LogP contribution in [0, 0.1) is 12.7 Å². The zero-order chi connectivity index (χ0) is 27.7. The first kappa shape index (κ1) is 26.2. The number of ether oxygens (including phenoxy) is 1. The molecule has 1 aliphatic rings. The lowest BCUT2D eigenvalue weighted by molar-refractivity contribution is -0.113. The maximum absolute atomic E-state index is 15.3. The van der Waals surface area contributed by atoms with Gasteiger partial charge in [-0.1, -0.05) is 33.6 Å². The molecule has 0 aliphatic carbocycles. The predicted octanol–water partition coefficient (Wildman–Crippen LogP) is 6.28. The highest BCUT2D eigenvalue weighted by Gasteiger charge is 2.36. The number of anilines is 3. The van der Waals surface area contributed by atoms with Gasteiger partial charge < -0.3 is 20.7 Å². The van der Waals surface area contributed by atoms with Gasteiger partial charge in [0.1, 0.15) is 29.0 Å². The molecule has 0 radical (unpaired) electrons. The Morgan fingerprint density at radius 2 is 1.62 bits per heavy atom. The van der Waals surface area contributed by atoms with Crippen molar-refractivity contribution in [2.45, 2.75) is 19.9 Å². The van der Waals surface area contributed by atoms with E-state index in [9.17, 15) is 9.59 Å². The number of allylic oxidation sites excluding steroid dienone is 1. The molecule has 198 valence electrons. The summed E-state index contributed by atoms with van der Waals surface area (Å²) in [4.78, 5) is 26.9. The normalized spacial score (nSPS) is 14.3. The number of methoxy groups -OCH3 is 1. The second-order valence-electron chi connectivity index (χ2n) is 9.09. The number of amides is 2. The van der Waals surface area contributed by atoms with Crippen LogP contribution in [0.2, 0.25) is 0 Å². The SMILES string of the molecule is COc1ccc(NC(=O)C2=C(C)Nc3c(C(=O)Nc4ccc(C)cc4)cnn3[C@H]2c2cc(Br)ccc2F)cc1. The van der Waals surface area contributed by atoms with Gasteiger partial charge in [0.25, 0.3) is 11.8 Å². The molecule has 1 aliphatic heterocycles. The third kappa shape index (κ3) is 5.28. The molecule has 0 unspecified atom stereocenters. The highest BCUT2D eigenvalue weighted by molar-refractivity contribution is 9.10. The summed E-state index contributed by atoms with van der Waals surface area (Å²) in [6, 6.07) is 17.9. The first-order valence-corrected chi connectivity index (χ1v) is 12.9. The molecule has 8 nitrogen and oxygen atoms in total. The van der Waals surface area contributed by atoms with Gasteiger partial charge >= 0.3 is 0 Å². The van der Waals surface area contributed by atoms with Crippen LogP contribution in [-0.4, -0.2) is 28.7 Å². The van der Waals surface area contributed by atoms with E-state index < -0.39 is 17.8 Å². The monoisotopic (exact) mass is 589 g/mol. The van der Waals surface area contributed by atoms with Crippen LogP contribution in [-0.2, 0) is 4.79 Å². The summed E-state index contributed by atoms with van der Waals surface area (Å²) in [6.07, 6.45) is 1.41. The van der Waals surface area contributed by atoms with Gasteiger partial charge in [-0.2, -0.15) is 5.10 Å². The summed E-state index contributed by atoms with van der Waals surface area (Å²) in [7, 11) is 1.56. The fraction of sp³-hybridized carbons (Fsp3) is 0.138. The van der Waals surface area contributed by atoms with Crippen LogP contribution in [0.5, 0.6) is 5.75 Å². The molecule has 1 aromatic heterocycles. The molecule has 3 N–H and O–H groups in total. The number of carbonyl (C=O) groups is 2. The van der Waals surface area contributed by atoms with Crippen LogP contribution >= 0.6 is 15.9 Å². The molecule has 39 heavy (non-hydrogen) atoms. The lowest BCUT2D eigenvalue weighted by Crippen LogP contribution is -2.32. The molecule has 3 aromatic carbocycles. The molecule has 0 saturated heterocycles. The smallest absolute Gasteiger partial charge is 0.261 e. The highest BCUT2D eigenvalue weighted by Crippen LogP contribution is 2.39. The number of hydrogen-bond acceptors (Lipinski definition) is 5. The van der Waals surface area contributed by atoms with E-state index in [-0.39, 0.29) is 22.6 Å². The van der Waals surface area contributed by atoms with Crippen molar-refractivity contribution in [3.63, 3.8) is 0 Å². The van der Waals surface area contributed by atoms with Crippen molar-refractivity contribution in [1.82, 2.24) is 9.78 Å². The number of nitrogens with one attached hydrogen (secondary N) is 3. The first-order valence-electron chi connectivity index (χ1n) is 12.1. The van der Waals surface area contributed by atoms with Crippen LogP contribution in [0.25, 0.3) is 0 Å². The van der Waals surface area contributed by atoms with Gasteiger partial charge in [0.05, 0.1) is 18.9 Å². The number of aromatic nitrogens is 2. The Kier molecular flexibility index (Phi) is 7.21. The van der Waals surface area contributed by atoms with Gasteiger partial charge in [-0.3, -0.25) is 9.59 Å². The predicted molar refractivity (Wildman–Crippen MR) is 152 cm³/mol. The molecular weight excluding hydrogens is 565 g/mol. The Morgan fingerprint density at radius 3 is 2.28 bits per heavy atom. The molecule has 4 aromatic rings. The van der Waals surface area contributed by atoms with Crippen molar-refractivity contribution >= 4 is 44.9 Å². The Morgan fingerprint density at radius 1 is 0.974 bits per heavy atom. The highest BCUT2D eigenvalue weighted by atomic mass is 79.9. The summed E-state index contributed by atoms with van der Waals surface area (Å²) in [5, 5.41) is 13.3. The molecule has 0 bridgehead atoms. The first-order chi connectivity index (χ1) is 18.7. The van der Waals surface area contributed by atoms with Crippen LogP contribution in [0.15, 0.2) is 88.7 Å². The number of aryl methyl sites for hydroxylation is 1. The zero-order valence-corrected chi connectivity index (χ0v) is 23.0. The largest absolute Gasteiger partial charge is 0.497 e. The summed E-state index contributed by atoms with van der Waals surface area (Å²) >= 11 is 3.41. The number of fused-ring (bicyclic) bond motifs is 1. The van der Waals surface area contributed by atoms with E-state index in [0.29, 0.717) is 33.1 Å². The van der Waals surface area contributed by atoms with Crippen LogP contribution in [0.1, 0.15) is 34.5 Å². The maximum Gasteiger partial charge on any atom is 0.261 e. The number of nitrogens with zero attached hydrogens (tertiary/aromatic N) is 2. The van der Waals surface area contributed by atoms with Crippen LogP contribution < -0.4 is 20.7 Å². The third-order valence-electron chi connectivity index (χ3n) is 6.42. The Labute approximate surface area is 233 Å². The Hall–Kier alpha value is -4.44. The van der Waals surface area contributed by atoms with Crippen molar-refractivity contribution in [1.29, 1.82) is 0 Å².